The van der Waals surface area contributed by atoms with E-state index >= 15 is 0 Å². The fraction of sp³-hybridized carbons (Fsp3) is 0. The van der Waals surface area contributed by atoms with E-state index in [1.807, 2.05) is 12.4 Å². The Morgan fingerprint density at radius 3 is 1.90 bits per heavy atom. The lowest BCUT2D eigenvalue weighted by molar-refractivity contribution is 1.36. The Kier molecular flexibility index (Phi) is 5.82. The number of hydrogen-bond donors (Lipinski definition) is 0. The van der Waals surface area contributed by atoms with Crippen LogP contribution in [0.15, 0.2) is 158 Å². The first-order chi connectivity index (χ1) is 20.8. The van der Waals surface area contributed by atoms with Crippen molar-refractivity contribution in [2.75, 3.05) is 0 Å². The molecule has 0 saturated carbocycles. The number of aromatic nitrogens is 2. The predicted molar refractivity (Wildman–Crippen MR) is 176 cm³/mol. The average molecular weight is 535 g/mol. The van der Waals surface area contributed by atoms with Crippen molar-refractivity contribution in [2.24, 2.45) is 0 Å². The summed E-state index contributed by atoms with van der Waals surface area (Å²) >= 11 is 0. The maximum absolute atomic E-state index is 5.19. The van der Waals surface area contributed by atoms with Gasteiger partial charge in [-0.25, -0.2) is 4.98 Å². The van der Waals surface area contributed by atoms with E-state index < -0.39 is 0 Å². The van der Waals surface area contributed by atoms with Gasteiger partial charge >= 0.3 is 0 Å². The summed E-state index contributed by atoms with van der Waals surface area (Å²) in [5, 5.41) is 6.01. The van der Waals surface area contributed by atoms with Crippen LogP contribution in [-0.4, -0.2) is 9.97 Å². The van der Waals surface area contributed by atoms with Crippen molar-refractivity contribution in [3.63, 3.8) is 0 Å². The van der Waals surface area contributed by atoms with Gasteiger partial charge in [0.25, 0.3) is 0 Å². The second kappa shape index (κ2) is 10.1. The standard InChI is InChI=1S/C40H26N2/c1-2-9-28(10-3-1)36-24-39(42-38-22-21-29-11-4-7-16-35(29)40(36)38)32-14-8-13-31(23-32)27-17-19-30(20-18-27)37-26-41-25-33-12-5-6-15-34(33)37/h1-26H. The van der Waals surface area contributed by atoms with Gasteiger partial charge in [-0.05, 0) is 62.2 Å². The highest BCUT2D eigenvalue weighted by Gasteiger charge is 2.13. The number of fused-ring (bicyclic) bond motifs is 4. The topological polar surface area (TPSA) is 25.8 Å². The smallest absolute Gasteiger partial charge is 0.0722 e. The molecule has 2 nitrogen and oxygen atoms in total. The number of rotatable bonds is 4. The lowest BCUT2D eigenvalue weighted by atomic mass is 9.93. The van der Waals surface area contributed by atoms with Gasteiger partial charge in [-0.15, -0.1) is 0 Å². The molecule has 2 heteroatoms. The summed E-state index contributed by atoms with van der Waals surface area (Å²) in [6.45, 7) is 0. The first-order valence-corrected chi connectivity index (χ1v) is 14.2. The molecule has 0 N–H and O–H groups in total. The van der Waals surface area contributed by atoms with Crippen LogP contribution in [0.25, 0.3) is 77.1 Å². The van der Waals surface area contributed by atoms with Crippen molar-refractivity contribution in [1.82, 2.24) is 9.97 Å². The van der Waals surface area contributed by atoms with Crippen LogP contribution in [-0.2, 0) is 0 Å². The van der Waals surface area contributed by atoms with Gasteiger partial charge in [-0.1, -0.05) is 127 Å². The normalized spacial score (nSPS) is 11.3. The summed E-state index contributed by atoms with van der Waals surface area (Å²) in [6.07, 6.45) is 3.88. The molecule has 0 saturated heterocycles. The molecule has 8 aromatic rings. The zero-order valence-electron chi connectivity index (χ0n) is 22.9. The third-order valence-corrected chi connectivity index (χ3v) is 8.14. The highest BCUT2D eigenvalue weighted by Crippen LogP contribution is 2.37. The first kappa shape index (κ1) is 24.2. The Bertz CT molecular complexity index is 2230. The Hall–Kier alpha value is -5.60. The van der Waals surface area contributed by atoms with Crippen molar-refractivity contribution in [3.05, 3.63) is 158 Å². The van der Waals surface area contributed by atoms with E-state index in [-0.39, 0.29) is 0 Å². The molecular formula is C40H26N2. The first-order valence-electron chi connectivity index (χ1n) is 14.2. The van der Waals surface area contributed by atoms with Gasteiger partial charge < -0.3 is 0 Å². The quantitative estimate of drug-likeness (QED) is 0.210. The second-order valence-corrected chi connectivity index (χ2v) is 10.7. The molecule has 0 aliphatic rings. The van der Waals surface area contributed by atoms with E-state index in [4.69, 9.17) is 4.98 Å². The molecule has 0 spiro atoms. The van der Waals surface area contributed by atoms with Crippen molar-refractivity contribution >= 4 is 32.4 Å². The van der Waals surface area contributed by atoms with Crippen molar-refractivity contribution in [1.29, 1.82) is 0 Å². The third kappa shape index (κ3) is 4.22. The molecule has 0 amide bonds. The van der Waals surface area contributed by atoms with Gasteiger partial charge in [-0.2, -0.15) is 0 Å². The highest BCUT2D eigenvalue weighted by molar-refractivity contribution is 6.13. The molecule has 0 aliphatic heterocycles. The molecule has 2 aromatic heterocycles. The minimum absolute atomic E-state index is 0.969. The molecule has 8 rings (SSSR count). The lowest BCUT2D eigenvalue weighted by Gasteiger charge is -2.14. The lowest BCUT2D eigenvalue weighted by Crippen LogP contribution is -1.92. The molecule has 0 fully saturated rings. The largest absolute Gasteiger partial charge is 0.263 e. The van der Waals surface area contributed by atoms with E-state index in [2.05, 4.69) is 151 Å². The SMILES string of the molecule is c1ccc(-c2cc(-c3cccc(-c4ccc(-c5cncc6ccccc56)cc4)c3)nc3ccc4ccccc4c23)cc1. The van der Waals surface area contributed by atoms with Crippen LogP contribution in [0.2, 0.25) is 0 Å². The molecule has 0 aliphatic carbocycles. The number of nitrogens with zero attached hydrogens (tertiary/aromatic N) is 2. The number of hydrogen-bond acceptors (Lipinski definition) is 2. The van der Waals surface area contributed by atoms with E-state index in [1.165, 1.54) is 38.2 Å². The van der Waals surface area contributed by atoms with Crippen LogP contribution in [0.4, 0.5) is 0 Å². The fourth-order valence-corrected chi connectivity index (χ4v) is 6.05. The Morgan fingerprint density at radius 2 is 1.05 bits per heavy atom. The number of benzene rings is 6. The maximum atomic E-state index is 5.19. The van der Waals surface area contributed by atoms with Crippen molar-refractivity contribution in [3.8, 4) is 44.6 Å². The molecule has 6 aromatic carbocycles. The summed E-state index contributed by atoms with van der Waals surface area (Å²) in [5.41, 5.74) is 10.1. The summed E-state index contributed by atoms with van der Waals surface area (Å²) in [5.74, 6) is 0. The Labute approximate surface area is 244 Å². The van der Waals surface area contributed by atoms with Gasteiger partial charge in [0, 0.05) is 34.3 Å². The van der Waals surface area contributed by atoms with Crippen LogP contribution in [0, 0.1) is 0 Å². The molecule has 0 bridgehead atoms. The number of pyridine rings is 2. The van der Waals surface area contributed by atoms with Gasteiger partial charge in [0.15, 0.2) is 0 Å². The van der Waals surface area contributed by atoms with E-state index in [1.54, 1.807) is 0 Å². The van der Waals surface area contributed by atoms with Crippen LogP contribution in [0.1, 0.15) is 0 Å². The highest BCUT2D eigenvalue weighted by atomic mass is 14.7. The van der Waals surface area contributed by atoms with E-state index in [0.717, 1.165) is 38.9 Å². The molecule has 0 atom stereocenters. The second-order valence-electron chi connectivity index (χ2n) is 10.7. The zero-order chi connectivity index (χ0) is 27.9. The van der Waals surface area contributed by atoms with Gasteiger partial charge in [0.05, 0.1) is 11.2 Å². The van der Waals surface area contributed by atoms with Gasteiger partial charge in [0.2, 0.25) is 0 Å². The fourth-order valence-electron chi connectivity index (χ4n) is 6.05. The zero-order valence-corrected chi connectivity index (χ0v) is 22.9. The van der Waals surface area contributed by atoms with Crippen molar-refractivity contribution < 1.29 is 0 Å². The molecule has 2 heterocycles. The van der Waals surface area contributed by atoms with E-state index in [9.17, 15) is 0 Å². The summed E-state index contributed by atoms with van der Waals surface area (Å²) in [4.78, 5) is 9.67. The Morgan fingerprint density at radius 1 is 0.381 bits per heavy atom. The molecular weight excluding hydrogens is 508 g/mol. The van der Waals surface area contributed by atoms with E-state index in [0.29, 0.717) is 0 Å². The molecule has 0 radical (unpaired) electrons. The summed E-state index contributed by atoms with van der Waals surface area (Å²) < 4.78 is 0. The minimum atomic E-state index is 0.969. The molecule has 0 unspecified atom stereocenters. The molecule has 196 valence electrons. The molecule has 42 heavy (non-hydrogen) atoms. The van der Waals surface area contributed by atoms with Gasteiger partial charge in [0.1, 0.15) is 0 Å². The summed E-state index contributed by atoms with van der Waals surface area (Å²) in [6, 6.07) is 51.7. The maximum Gasteiger partial charge on any atom is 0.0722 e. The predicted octanol–water partition coefficient (Wildman–Crippen LogP) is 10.6. The van der Waals surface area contributed by atoms with Crippen LogP contribution >= 0.6 is 0 Å². The minimum Gasteiger partial charge on any atom is -0.263 e. The third-order valence-electron chi connectivity index (χ3n) is 8.14. The van der Waals surface area contributed by atoms with Crippen LogP contribution < -0.4 is 0 Å². The monoisotopic (exact) mass is 534 g/mol. The summed E-state index contributed by atoms with van der Waals surface area (Å²) in [7, 11) is 0. The average Bonchev–Trinajstić information content (AvgIpc) is 3.08. The van der Waals surface area contributed by atoms with Crippen LogP contribution in [0.3, 0.4) is 0 Å². The Balaban J connectivity index is 1.23. The van der Waals surface area contributed by atoms with Crippen LogP contribution in [0.5, 0.6) is 0 Å². The van der Waals surface area contributed by atoms with Gasteiger partial charge in [-0.3, -0.25) is 4.98 Å². The van der Waals surface area contributed by atoms with Crippen molar-refractivity contribution in [2.45, 2.75) is 0 Å².